The molecule has 0 saturated carbocycles. The lowest BCUT2D eigenvalue weighted by Gasteiger charge is -2.25. The number of hydrogen-bond donors (Lipinski definition) is 0. The first-order valence-electron chi connectivity index (χ1n) is 7.27. The van der Waals surface area contributed by atoms with E-state index < -0.39 is 5.60 Å². The fourth-order valence-electron chi connectivity index (χ4n) is 2.31. The Bertz CT molecular complexity index is 701. The van der Waals surface area contributed by atoms with Gasteiger partial charge < -0.3 is 9.47 Å². The molecule has 118 valence electrons. The van der Waals surface area contributed by atoms with Crippen molar-refractivity contribution in [2.24, 2.45) is 0 Å². The first kappa shape index (κ1) is 16.1. The Hall–Kier alpha value is -2.23. The van der Waals surface area contributed by atoms with Gasteiger partial charge >= 0.3 is 6.09 Å². The SMILES string of the molecule is COc1ccc2c(C)ccc(N(C)C(=O)OC(C)(C)C)c2c1. The Labute approximate surface area is 131 Å². The maximum atomic E-state index is 12.3. The van der Waals surface area contributed by atoms with Crippen LogP contribution in [0.3, 0.4) is 0 Å². The number of ether oxygens (including phenoxy) is 2. The van der Waals surface area contributed by atoms with Gasteiger partial charge in [0, 0.05) is 12.4 Å². The highest BCUT2D eigenvalue weighted by Crippen LogP contribution is 2.32. The highest BCUT2D eigenvalue weighted by atomic mass is 16.6. The van der Waals surface area contributed by atoms with Gasteiger partial charge in [0.15, 0.2) is 0 Å². The maximum Gasteiger partial charge on any atom is 0.414 e. The zero-order valence-electron chi connectivity index (χ0n) is 14.1. The Morgan fingerprint density at radius 1 is 1.09 bits per heavy atom. The summed E-state index contributed by atoms with van der Waals surface area (Å²) in [5, 5.41) is 2.06. The molecule has 2 aromatic rings. The summed E-state index contributed by atoms with van der Waals surface area (Å²) in [7, 11) is 3.35. The van der Waals surface area contributed by atoms with Gasteiger partial charge in [-0.3, -0.25) is 4.90 Å². The molecule has 4 nitrogen and oxygen atoms in total. The van der Waals surface area contributed by atoms with Gasteiger partial charge in [-0.2, -0.15) is 0 Å². The van der Waals surface area contributed by atoms with E-state index in [9.17, 15) is 4.79 Å². The molecule has 0 heterocycles. The molecule has 0 saturated heterocycles. The summed E-state index contributed by atoms with van der Waals surface area (Å²) < 4.78 is 10.7. The molecule has 2 rings (SSSR count). The first-order valence-corrected chi connectivity index (χ1v) is 7.27. The van der Waals surface area contributed by atoms with Crippen molar-refractivity contribution < 1.29 is 14.3 Å². The summed E-state index contributed by atoms with van der Waals surface area (Å²) in [5.74, 6) is 0.761. The monoisotopic (exact) mass is 301 g/mol. The Morgan fingerprint density at radius 3 is 2.36 bits per heavy atom. The van der Waals surface area contributed by atoms with Crippen molar-refractivity contribution in [3.63, 3.8) is 0 Å². The van der Waals surface area contributed by atoms with Gasteiger partial charge in [0.05, 0.1) is 12.8 Å². The quantitative estimate of drug-likeness (QED) is 0.818. The normalized spacial score (nSPS) is 11.4. The van der Waals surface area contributed by atoms with Crippen LogP contribution in [0.1, 0.15) is 26.3 Å². The van der Waals surface area contributed by atoms with E-state index in [0.717, 1.165) is 27.8 Å². The van der Waals surface area contributed by atoms with Crippen LogP contribution in [0.15, 0.2) is 30.3 Å². The van der Waals surface area contributed by atoms with Gasteiger partial charge in [-0.25, -0.2) is 4.79 Å². The van der Waals surface area contributed by atoms with Gasteiger partial charge in [0.25, 0.3) is 0 Å². The van der Waals surface area contributed by atoms with E-state index in [1.54, 1.807) is 14.2 Å². The van der Waals surface area contributed by atoms with Crippen molar-refractivity contribution in [3.8, 4) is 5.75 Å². The minimum absolute atomic E-state index is 0.375. The number of aryl methyl sites for hydroxylation is 1. The number of anilines is 1. The summed E-state index contributed by atoms with van der Waals surface area (Å²) in [5.41, 5.74) is 1.43. The molecule has 0 aliphatic heterocycles. The van der Waals surface area contributed by atoms with Crippen molar-refractivity contribution >= 4 is 22.6 Å². The van der Waals surface area contributed by atoms with E-state index in [-0.39, 0.29) is 6.09 Å². The number of methoxy groups -OCH3 is 1. The zero-order chi connectivity index (χ0) is 16.5. The molecule has 0 fully saturated rings. The van der Waals surface area contributed by atoms with Crippen LogP contribution in [0.4, 0.5) is 10.5 Å². The Morgan fingerprint density at radius 2 is 1.77 bits per heavy atom. The van der Waals surface area contributed by atoms with Crippen LogP contribution >= 0.6 is 0 Å². The van der Waals surface area contributed by atoms with Crippen LogP contribution in [0, 0.1) is 6.92 Å². The van der Waals surface area contributed by atoms with Crippen LogP contribution in [0.25, 0.3) is 10.8 Å². The number of carbonyl (C=O) groups is 1. The van der Waals surface area contributed by atoms with Crippen molar-refractivity contribution in [3.05, 3.63) is 35.9 Å². The zero-order valence-corrected chi connectivity index (χ0v) is 14.1. The molecule has 0 N–H and O–H groups in total. The molecular weight excluding hydrogens is 278 g/mol. The molecular formula is C18H23NO3. The number of amides is 1. The number of fused-ring (bicyclic) bond motifs is 1. The van der Waals surface area contributed by atoms with E-state index in [1.165, 1.54) is 4.90 Å². The average molecular weight is 301 g/mol. The number of nitrogens with zero attached hydrogens (tertiary/aromatic N) is 1. The fourth-order valence-corrected chi connectivity index (χ4v) is 2.31. The summed E-state index contributed by atoms with van der Waals surface area (Å²) >= 11 is 0. The number of carbonyl (C=O) groups excluding carboxylic acids is 1. The number of rotatable bonds is 2. The molecule has 0 aliphatic rings. The average Bonchev–Trinajstić information content (AvgIpc) is 2.44. The third-order valence-corrected chi connectivity index (χ3v) is 3.45. The van der Waals surface area contributed by atoms with Crippen molar-refractivity contribution in [1.82, 2.24) is 0 Å². The highest BCUT2D eigenvalue weighted by molar-refractivity contribution is 6.03. The molecule has 0 bridgehead atoms. The largest absolute Gasteiger partial charge is 0.497 e. The lowest BCUT2D eigenvalue weighted by molar-refractivity contribution is 0.0590. The Kier molecular flexibility index (Phi) is 4.31. The van der Waals surface area contributed by atoms with Crippen molar-refractivity contribution in [1.29, 1.82) is 0 Å². The van der Waals surface area contributed by atoms with Crippen LogP contribution < -0.4 is 9.64 Å². The fraction of sp³-hybridized carbons (Fsp3) is 0.389. The molecule has 0 unspecified atom stereocenters. The molecule has 2 aromatic carbocycles. The molecule has 0 radical (unpaired) electrons. The van der Waals surface area contributed by atoms with Gasteiger partial charge in [0.1, 0.15) is 11.4 Å². The molecule has 0 spiro atoms. The molecule has 4 heteroatoms. The van der Waals surface area contributed by atoms with E-state index in [2.05, 4.69) is 0 Å². The molecule has 0 atom stereocenters. The maximum absolute atomic E-state index is 12.3. The van der Waals surface area contributed by atoms with Gasteiger partial charge in [-0.05, 0) is 56.8 Å². The smallest absolute Gasteiger partial charge is 0.414 e. The van der Waals surface area contributed by atoms with Crippen molar-refractivity contribution in [2.75, 3.05) is 19.1 Å². The van der Waals surface area contributed by atoms with Gasteiger partial charge in [0.2, 0.25) is 0 Å². The van der Waals surface area contributed by atoms with Crippen LogP contribution in [-0.2, 0) is 4.74 Å². The second-order valence-electron chi connectivity index (χ2n) is 6.35. The van der Waals surface area contributed by atoms with Crippen LogP contribution in [0.2, 0.25) is 0 Å². The predicted octanol–water partition coefficient (Wildman–Crippen LogP) is 4.53. The molecule has 0 aromatic heterocycles. The third kappa shape index (κ3) is 3.32. The van der Waals surface area contributed by atoms with Crippen LogP contribution in [-0.4, -0.2) is 25.9 Å². The molecule has 0 aliphatic carbocycles. The van der Waals surface area contributed by atoms with E-state index in [1.807, 2.05) is 58.0 Å². The summed E-state index contributed by atoms with van der Waals surface area (Å²) in [6.07, 6.45) is -0.375. The van der Waals surface area contributed by atoms with E-state index >= 15 is 0 Å². The first-order chi connectivity index (χ1) is 10.2. The lowest BCUT2D eigenvalue weighted by Crippen LogP contribution is -2.34. The van der Waals surface area contributed by atoms with Crippen molar-refractivity contribution in [2.45, 2.75) is 33.3 Å². The summed E-state index contributed by atoms with van der Waals surface area (Å²) in [4.78, 5) is 13.8. The second kappa shape index (κ2) is 5.87. The predicted molar refractivity (Wildman–Crippen MR) is 89.9 cm³/mol. The molecule has 1 amide bonds. The third-order valence-electron chi connectivity index (χ3n) is 3.45. The second-order valence-corrected chi connectivity index (χ2v) is 6.35. The Balaban J connectivity index is 2.50. The topological polar surface area (TPSA) is 38.8 Å². The number of benzene rings is 2. The minimum atomic E-state index is -0.524. The number of hydrogen-bond acceptors (Lipinski definition) is 3. The highest BCUT2D eigenvalue weighted by Gasteiger charge is 2.22. The van der Waals surface area contributed by atoms with Crippen LogP contribution in [0.5, 0.6) is 5.75 Å². The van der Waals surface area contributed by atoms with E-state index in [4.69, 9.17) is 9.47 Å². The summed E-state index contributed by atoms with van der Waals surface area (Å²) in [6, 6.07) is 9.81. The van der Waals surface area contributed by atoms with Gasteiger partial charge in [-0.1, -0.05) is 12.1 Å². The lowest BCUT2D eigenvalue weighted by atomic mass is 10.0. The summed E-state index contributed by atoms with van der Waals surface area (Å²) in [6.45, 7) is 7.62. The van der Waals surface area contributed by atoms with E-state index in [0.29, 0.717) is 0 Å². The molecule has 22 heavy (non-hydrogen) atoms. The van der Waals surface area contributed by atoms with Gasteiger partial charge in [-0.15, -0.1) is 0 Å². The minimum Gasteiger partial charge on any atom is -0.497 e. The standard InChI is InChI=1S/C18H23NO3/c1-12-7-10-16(19(5)17(20)22-18(2,3)4)15-11-13(21-6)8-9-14(12)15/h7-11H,1-6H3.